The molecule has 0 unspecified atom stereocenters. The van der Waals surface area contributed by atoms with Gasteiger partial charge >= 0.3 is 6.09 Å². The molecule has 0 aromatic rings. The third-order valence-corrected chi connectivity index (χ3v) is 14.1. The number of nitrogens with one attached hydrogen (secondary N) is 3. The van der Waals surface area contributed by atoms with Gasteiger partial charge in [-0.2, -0.15) is 0 Å². The Bertz CT molecular complexity index is 1430. The van der Waals surface area contributed by atoms with Crippen molar-refractivity contribution in [3.8, 4) is 0 Å². The molecule has 314 valence electrons. The number of fused-ring (bicyclic) bond motifs is 5. The molecular weight excluding hydrogens is 713 g/mol. The Hall–Kier alpha value is -3.25. The molecule has 8 atom stereocenters. The van der Waals surface area contributed by atoms with Crippen molar-refractivity contribution in [3.05, 3.63) is 23.8 Å². The molecule has 0 radical (unpaired) electrons. The molecular formula is C44H70N4O8. The Kier molecular flexibility index (Phi) is 16.0. The molecule has 0 saturated heterocycles. The number of alkyl carbamates (subject to hydrolysis) is 1. The van der Waals surface area contributed by atoms with Crippen LogP contribution in [0.3, 0.4) is 0 Å². The first-order chi connectivity index (χ1) is 26.8. The van der Waals surface area contributed by atoms with Crippen LogP contribution in [0.4, 0.5) is 4.79 Å². The molecule has 5 rings (SSSR count). The van der Waals surface area contributed by atoms with E-state index in [9.17, 15) is 24.0 Å². The zero-order valence-corrected chi connectivity index (χ0v) is 34.8. The first kappa shape index (κ1) is 43.9. The van der Waals surface area contributed by atoms with Crippen LogP contribution < -0.4 is 16.0 Å². The van der Waals surface area contributed by atoms with E-state index in [1.165, 1.54) is 69.1 Å². The predicted octanol–water partition coefficient (Wildman–Crippen LogP) is 6.09. The lowest BCUT2D eigenvalue weighted by Crippen LogP contribution is -2.51. The molecule has 3 N–H and O–H groups in total. The SMILES string of the molecule is CC(C)CCC[C@@H](C)[C@H]1CC[C@H]2[C@@H]3CC=C4C[C@@H](OC(=O)NCCOCCNC(=O)CCOCCNC(=O)CCN5C(=O)C=CC5=O)CC[C@]4(C)[C@H]3CC[C@]12C. The van der Waals surface area contributed by atoms with E-state index in [0.29, 0.717) is 31.7 Å². The zero-order valence-electron chi connectivity index (χ0n) is 34.8. The van der Waals surface area contributed by atoms with Crippen LogP contribution in [-0.2, 0) is 33.4 Å². The highest BCUT2D eigenvalue weighted by Crippen LogP contribution is 2.67. The minimum absolute atomic E-state index is 0.0159. The van der Waals surface area contributed by atoms with Gasteiger partial charge in [0.1, 0.15) is 6.10 Å². The molecule has 0 bridgehead atoms. The molecule has 4 aliphatic carbocycles. The second-order valence-electron chi connectivity index (χ2n) is 18.1. The minimum Gasteiger partial charge on any atom is -0.446 e. The van der Waals surface area contributed by atoms with Crippen LogP contribution in [0.15, 0.2) is 23.8 Å². The van der Waals surface area contributed by atoms with E-state index in [0.717, 1.165) is 59.7 Å². The number of hydrogen-bond acceptors (Lipinski definition) is 8. The van der Waals surface area contributed by atoms with Gasteiger partial charge in [0.2, 0.25) is 11.8 Å². The molecule has 0 aromatic heterocycles. The normalized spacial score (nSPS) is 30.0. The van der Waals surface area contributed by atoms with Crippen molar-refractivity contribution in [2.24, 2.45) is 46.3 Å². The first-order valence-corrected chi connectivity index (χ1v) is 21.7. The summed E-state index contributed by atoms with van der Waals surface area (Å²) in [4.78, 5) is 60.7. The number of amides is 5. The van der Waals surface area contributed by atoms with E-state index in [4.69, 9.17) is 14.2 Å². The first-order valence-electron chi connectivity index (χ1n) is 21.7. The fourth-order valence-electron chi connectivity index (χ4n) is 11.1. The number of imide groups is 1. The Labute approximate surface area is 335 Å². The number of carbonyl (C=O) groups is 5. The van der Waals surface area contributed by atoms with Gasteiger partial charge in [-0.3, -0.25) is 24.1 Å². The summed E-state index contributed by atoms with van der Waals surface area (Å²) in [6.07, 6.45) is 18.3. The molecule has 1 heterocycles. The summed E-state index contributed by atoms with van der Waals surface area (Å²) < 4.78 is 16.9. The molecule has 3 fully saturated rings. The monoisotopic (exact) mass is 783 g/mol. The van der Waals surface area contributed by atoms with Gasteiger partial charge in [0.15, 0.2) is 0 Å². The molecule has 5 aliphatic rings. The standard InChI is InChI=1S/C44H70N4O8/c1-30(2)7-6-8-31(3)35-11-12-36-34-10-9-32-29-33(15-19-43(32,4)37(34)16-20-44(35,36)5)56-42(53)47-23-28-55-27-22-46-39(50)18-25-54-26-21-45-38(49)17-24-48-40(51)13-14-41(48)52/h9,13-14,30-31,33-37H,6-8,10-12,15-29H2,1-5H3,(H,45,49)(H,46,50)(H,47,53)/t31-,33+,34+,35-,36+,37+,43+,44-/m1/s1. The van der Waals surface area contributed by atoms with Gasteiger partial charge in [-0.15, -0.1) is 0 Å². The summed E-state index contributed by atoms with van der Waals surface area (Å²) in [7, 11) is 0. The van der Waals surface area contributed by atoms with Crippen LogP contribution >= 0.6 is 0 Å². The maximum atomic E-state index is 12.7. The molecule has 0 spiro atoms. The maximum Gasteiger partial charge on any atom is 0.407 e. The fourth-order valence-corrected chi connectivity index (χ4v) is 11.1. The number of ether oxygens (including phenoxy) is 3. The van der Waals surface area contributed by atoms with Crippen LogP contribution in [0, 0.1) is 46.3 Å². The van der Waals surface area contributed by atoms with Crippen molar-refractivity contribution in [2.45, 2.75) is 124 Å². The van der Waals surface area contributed by atoms with Gasteiger partial charge in [0.25, 0.3) is 11.8 Å². The summed E-state index contributed by atoms with van der Waals surface area (Å²) in [5.74, 6) is 3.56. The lowest BCUT2D eigenvalue weighted by atomic mass is 9.47. The van der Waals surface area contributed by atoms with Crippen LogP contribution in [0.25, 0.3) is 0 Å². The topological polar surface area (TPSA) is 152 Å². The van der Waals surface area contributed by atoms with Gasteiger partial charge in [-0.1, -0.05) is 65.5 Å². The van der Waals surface area contributed by atoms with Gasteiger partial charge in [-0.25, -0.2) is 4.79 Å². The van der Waals surface area contributed by atoms with Crippen LogP contribution in [-0.4, -0.2) is 93.3 Å². The molecule has 56 heavy (non-hydrogen) atoms. The number of carbonyl (C=O) groups excluding carboxylic acids is 5. The minimum atomic E-state index is -0.415. The lowest BCUT2D eigenvalue weighted by molar-refractivity contribution is -0.137. The second kappa shape index (κ2) is 20.4. The molecule has 1 aliphatic heterocycles. The van der Waals surface area contributed by atoms with Gasteiger partial charge < -0.3 is 30.2 Å². The van der Waals surface area contributed by atoms with Crippen molar-refractivity contribution >= 4 is 29.7 Å². The molecule has 5 amide bonds. The summed E-state index contributed by atoms with van der Waals surface area (Å²) in [6, 6.07) is 0. The Balaban J connectivity index is 0.889. The van der Waals surface area contributed by atoms with Gasteiger partial charge in [0, 0.05) is 57.6 Å². The number of nitrogens with zero attached hydrogens (tertiary/aromatic N) is 1. The van der Waals surface area contributed by atoms with Gasteiger partial charge in [-0.05, 0) is 91.3 Å². The van der Waals surface area contributed by atoms with Crippen molar-refractivity contribution in [3.63, 3.8) is 0 Å². The lowest BCUT2D eigenvalue weighted by Gasteiger charge is -2.58. The van der Waals surface area contributed by atoms with Crippen molar-refractivity contribution in [2.75, 3.05) is 52.6 Å². The van der Waals surface area contributed by atoms with Crippen LogP contribution in [0.1, 0.15) is 118 Å². The highest BCUT2D eigenvalue weighted by atomic mass is 16.6. The number of hydrogen-bond donors (Lipinski definition) is 3. The third kappa shape index (κ3) is 11.2. The van der Waals surface area contributed by atoms with Gasteiger partial charge in [0.05, 0.1) is 26.4 Å². The Morgan fingerprint density at radius 2 is 1.46 bits per heavy atom. The molecule has 12 heteroatoms. The Morgan fingerprint density at radius 3 is 2.16 bits per heavy atom. The van der Waals surface area contributed by atoms with E-state index < -0.39 is 17.9 Å². The average molecular weight is 783 g/mol. The van der Waals surface area contributed by atoms with E-state index in [1.54, 1.807) is 0 Å². The van der Waals surface area contributed by atoms with Crippen LogP contribution in [0.5, 0.6) is 0 Å². The zero-order chi connectivity index (χ0) is 40.3. The number of allylic oxidation sites excluding steroid dienone is 1. The van der Waals surface area contributed by atoms with Crippen LogP contribution in [0.2, 0.25) is 0 Å². The van der Waals surface area contributed by atoms with E-state index in [1.807, 2.05) is 0 Å². The predicted molar refractivity (Wildman–Crippen MR) is 214 cm³/mol. The summed E-state index contributed by atoms with van der Waals surface area (Å²) >= 11 is 0. The summed E-state index contributed by atoms with van der Waals surface area (Å²) in [5.41, 5.74) is 2.23. The highest BCUT2D eigenvalue weighted by Gasteiger charge is 2.59. The molecule has 12 nitrogen and oxygen atoms in total. The fraction of sp³-hybridized carbons (Fsp3) is 0.795. The molecule has 0 aromatic carbocycles. The maximum absolute atomic E-state index is 12.7. The van der Waals surface area contributed by atoms with E-state index in [2.05, 4.69) is 56.6 Å². The largest absolute Gasteiger partial charge is 0.446 e. The smallest absolute Gasteiger partial charge is 0.407 e. The second-order valence-corrected chi connectivity index (χ2v) is 18.1. The highest BCUT2D eigenvalue weighted by molar-refractivity contribution is 6.13. The van der Waals surface area contributed by atoms with Crippen molar-refractivity contribution in [1.82, 2.24) is 20.9 Å². The van der Waals surface area contributed by atoms with Crippen molar-refractivity contribution in [1.29, 1.82) is 0 Å². The quantitative estimate of drug-likeness (QED) is 0.0719. The third-order valence-electron chi connectivity index (χ3n) is 14.1. The Morgan fingerprint density at radius 1 is 0.804 bits per heavy atom. The van der Waals surface area contributed by atoms with Crippen molar-refractivity contribution < 1.29 is 38.2 Å². The van der Waals surface area contributed by atoms with E-state index >= 15 is 0 Å². The molecule has 3 saturated carbocycles. The summed E-state index contributed by atoms with van der Waals surface area (Å²) in [6.45, 7) is 14.4. The van der Waals surface area contributed by atoms with E-state index in [-0.39, 0.29) is 62.5 Å². The summed E-state index contributed by atoms with van der Waals surface area (Å²) in [5, 5.41) is 8.25. The number of rotatable bonds is 21. The average Bonchev–Trinajstić information content (AvgIpc) is 3.68.